The molecule has 0 bridgehead atoms. The molecule has 2 heterocycles. The topological polar surface area (TPSA) is 30.7 Å². The number of fused-ring (bicyclic) bond motifs is 1. The van der Waals surface area contributed by atoms with Crippen molar-refractivity contribution in [3.8, 4) is 0 Å². The van der Waals surface area contributed by atoms with Gasteiger partial charge in [-0.1, -0.05) is 20.8 Å². The number of halogens is 1. The Morgan fingerprint density at radius 3 is 2.71 bits per heavy atom. The molecule has 4 heteroatoms. The van der Waals surface area contributed by atoms with Crippen LogP contribution in [0.3, 0.4) is 0 Å². The lowest BCUT2D eigenvalue weighted by molar-refractivity contribution is 0.343. The monoisotopic (exact) mass is 251 g/mol. The first-order valence-electron chi connectivity index (χ1n) is 5.83. The predicted molar refractivity (Wildman–Crippen MR) is 71.3 cm³/mol. The number of alkyl halides is 1. The van der Waals surface area contributed by atoms with Crippen LogP contribution >= 0.6 is 11.6 Å². The van der Waals surface area contributed by atoms with E-state index in [-0.39, 0.29) is 10.8 Å². The maximum atomic E-state index is 6.20. The summed E-state index contributed by atoms with van der Waals surface area (Å²) in [5.41, 5.74) is 2.22. The summed E-state index contributed by atoms with van der Waals surface area (Å²) in [4.78, 5) is 8.67. The van der Waals surface area contributed by atoms with Crippen LogP contribution in [0.4, 0.5) is 0 Å². The number of aromatic nitrogens is 3. The molecule has 0 fully saturated rings. The molecule has 2 rings (SSSR count). The normalized spacial score (nSPS) is 14.2. The molecule has 2 aromatic rings. The van der Waals surface area contributed by atoms with E-state index in [0.717, 1.165) is 23.4 Å². The van der Waals surface area contributed by atoms with Gasteiger partial charge in [0.15, 0.2) is 0 Å². The number of nitrogens with zero attached hydrogens (tertiary/aromatic N) is 3. The van der Waals surface area contributed by atoms with Crippen molar-refractivity contribution in [3.05, 3.63) is 24.3 Å². The van der Waals surface area contributed by atoms with Gasteiger partial charge < -0.3 is 4.57 Å². The second kappa shape index (κ2) is 4.30. The number of rotatable bonds is 2. The Hall–Kier alpha value is -1.09. The Labute approximate surface area is 107 Å². The molecule has 0 aromatic carbocycles. The zero-order chi connectivity index (χ0) is 12.6. The number of imidazole rings is 1. The molecule has 0 radical (unpaired) electrons. The largest absolute Gasteiger partial charge is 0.326 e. The van der Waals surface area contributed by atoms with Crippen LogP contribution in [-0.2, 0) is 6.54 Å². The van der Waals surface area contributed by atoms with Gasteiger partial charge in [-0.2, -0.15) is 0 Å². The average Bonchev–Trinajstić information content (AvgIpc) is 2.55. The molecule has 3 nitrogen and oxygen atoms in total. The van der Waals surface area contributed by atoms with E-state index in [4.69, 9.17) is 11.6 Å². The minimum absolute atomic E-state index is 0.0928. The van der Waals surface area contributed by atoms with Crippen LogP contribution in [0.5, 0.6) is 0 Å². The highest BCUT2D eigenvalue weighted by atomic mass is 35.5. The van der Waals surface area contributed by atoms with E-state index in [1.807, 2.05) is 13.0 Å². The van der Waals surface area contributed by atoms with Crippen molar-refractivity contribution in [2.75, 3.05) is 0 Å². The maximum absolute atomic E-state index is 6.20. The summed E-state index contributed by atoms with van der Waals surface area (Å²) < 4.78 is 2.20. The molecule has 2 aromatic heterocycles. The zero-order valence-corrected chi connectivity index (χ0v) is 11.5. The second-order valence-corrected chi connectivity index (χ2v) is 6.25. The van der Waals surface area contributed by atoms with Gasteiger partial charge in [0.2, 0.25) is 0 Å². The van der Waals surface area contributed by atoms with E-state index < -0.39 is 0 Å². The summed E-state index contributed by atoms with van der Waals surface area (Å²) in [6.07, 6.45) is 3.59. The SMILES string of the molecule is CC(Cl)c1nc2cnccc2n1CC(C)(C)C. The Morgan fingerprint density at radius 2 is 2.12 bits per heavy atom. The molecule has 0 aliphatic carbocycles. The van der Waals surface area contributed by atoms with Gasteiger partial charge in [0.05, 0.1) is 17.1 Å². The minimum Gasteiger partial charge on any atom is -0.326 e. The Balaban J connectivity index is 2.60. The van der Waals surface area contributed by atoms with E-state index in [9.17, 15) is 0 Å². The maximum Gasteiger partial charge on any atom is 0.127 e. The van der Waals surface area contributed by atoms with Crippen molar-refractivity contribution >= 4 is 22.6 Å². The quantitative estimate of drug-likeness (QED) is 0.761. The van der Waals surface area contributed by atoms with E-state index >= 15 is 0 Å². The summed E-state index contributed by atoms with van der Waals surface area (Å²) in [7, 11) is 0. The molecule has 0 N–H and O–H groups in total. The van der Waals surface area contributed by atoms with Crippen LogP contribution in [-0.4, -0.2) is 14.5 Å². The standard InChI is InChI=1S/C13H18ClN3/c1-9(14)12-16-10-7-15-6-5-11(10)17(12)8-13(2,3)4/h5-7,9H,8H2,1-4H3. The summed E-state index contributed by atoms with van der Waals surface area (Å²) >= 11 is 6.20. The lowest BCUT2D eigenvalue weighted by Gasteiger charge is -2.21. The number of hydrogen-bond acceptors (Lipinski definition) is 2. The molecule has 0 aliphatic heterocycles. The highest BCUT2D eigenvalue weighted by Gasteiger charge is 2.19. The lowest BCUT2D eigenvalue weighted by atomic mass is 9.96. The molecule has 17 heavy (non-hydrogen) atoms. The van der Waals surface area contributed by atoms with Gasteiger partial charge in [0, 0.05) is 12.7 Å². The van der Waals surface area contributed by atoms with Gasteiger partial charge >= 0.3 is 0 Å². The third kappa shape index (κ3) is 2.60. The van der Waals surface area contributed by atoms with Crippen LogP contribution in [0.15, 0.2) is 18.5 Å². The molecule has 0 saturated heterocycles. The van der Waals surface area contributed by atoms with E-state index in [0.29, 0.717) is 0 Å². The highest BCUT2D eigenvalue weighted by Crippen LogP contribution is 2.27. The predicted octanol–water partition coefficient (Wildman–Crippen LogP) is 3.78. The van der Waals surface area contributed by atoms with E-state index in [1.54, 1.807) is 12.4 Å². The lowest BCUT2D eigenvalue weighted by Crippen LogP contribution is -2.17. The molecule has 0 saturated carbocycles. The molecule has 0 aliphatic rings. The summed E-state index contributed by atoms with van der Waals surface area (Å²) in [5, 5.41) is -0.0928. The first-order chi connectivity index (χ1) is 7.88. The Bertz CT molecular complexity index is 523. The van der Waals surface area contributed by atoms with Crippen molar-refractivity contribution in [2.45, 2.75) is 39.6 Å². The third-order valence-corrected chi connectivity index (χ3v) is 2.76. The molecule has 0 amide bonds. The van der Waals surface area contributed by atoms with Gasteiger partial charge in [0.1, 0.15) is 11.3 Å². The third-order valence-electron chi connectivity index (χ3n) is 2.57. The highest BCUT2D eigenvalue weighted by molar-refractivity contribution is 6.20. The van der Waals surface area contributed by atoms with Crippen molar-refractivity contribution in [1.82, 2.24) is 14.5 Å². The van der Waals surface area contributed by atoms with Crippen LogP contribution in [0, 0.1) is 5.41 Å². The van der Waals surface area contributed by atoms with Crippen molar-refractivity contribution in [1.29, 1.82) is 0 Å². The van der Waals surface area contributed by atoms with Crippen molar-refractivity contribution in [3.63, 3.8) is 0 Å². The van der Waals surface area contributed by atoms with Gasteiger partial charge in [-0.05, 0) is 18.4 Å². The average molecular weight is 252 g/mol. The first-order valence-corrected chi connectivity index (χ1v) is 6.26. The van der Waals surface area contributed by atoms with Crippen LogP contribution < -0.4 is 0 Å². The van der Waals surface area contributed by atoms with Gasteiger partial charge in [-0.3, -0.25) is 4.98 Å². The number of pyridine rings is 1. The number of hydrogen-bond donors (Lipinski definition) is 0. The molecular weight excluding hydrogens is 234 g/mol. The minimum atomic E-state index is -0.0928. The molecule has 1 atom stereocenters. The van der Waals surface area contributed by atoms with Crippen LogP contribution in [0.1, 0.15) is 38.9 Å². The van der Waals surface area contributed by atoms with Gasteiger partial charge in [-0.15, -0.1) is 11.6 Å². The fourth-order valence-electron chi connectivity index (χ4n) is 1.94. The fourth-order valence-corrected chi connectivity index (χ4v) is 2.11. The molecular formula is C13H18ClN3. The Kier molecular flexibility index (Phi) is 3.13. The summed E-state index contributed by atoms with van der Waals surface area (Å²) in [5.74, 6) is 0.921. The summed E-state index contributed by atoms with van der Waals surface area (Å²) in [6, 6.07) is 2.00. The summed E-state index contributed by atoms with van der Waals surface area (Å²) in [6.45, 7) is 9.49. The smallest absolute Gasteiger partial charge is 0.127 e. The van der Waals surface area contributed by atoms with Gasteiger partial charge in [0.25, 0.3) is 0 Å². The van der Waals surface area contributed by atoms with Gasteiger partial charge in [-0.25, -0.2) is 4.98 Å². The van der Waals surface area contributed by atoms with Crippen molar-refractivity contribution in [2.24, 2.45) is 5.41 Å². The van der Waals surface area contributed by atoms with Crippen LogP contribution in [0.25, 0.3) is 11.0 Å². The van der Waals surface area contributed by atoms with E-state index in [1.165, 1.54) is 0 Å². The zero-order valence-electron chi connectivity index (χ0n) is 10.7. The fraction of sp³-hybridized carbons (Fsp3) is 0.538. The Morgan fingerprint density at radius 1 is 1.41 bits per heavy atom. The molecule has 92 valence electrons. The molecule has 0 spiro atoms. The van der Waals surface area contributed by atoms with Crippen LogP contribution in [0.2, 0.25) is 0 Å². The molecule has 1 unspecified atom stereocenters. The van der Waals surface area contributed by atoms with E-state index in [2.05, 4.69) is 35.3 Å². The first kappa shape index (κ1) is 12.4. The van der Waals surface area contributed by atoms with Crippen molar-refractivity contribution < 1.29 is 0 Å². The second-order valence-electron chi connectivity index (χ2n) is 5.60.